The van der Waals surface area contributed by atoms with Crippen molar-refractivity contribution >= 4 is 15.9 Å². The van der Waals surface area contributed by atoms with Crippen LogP contribution in [-0.2, 0) is 21.4 Å². The first kappa shape index (κ1) is 16.0. The molecule has 0 spiro atoms. The highest BCUT2D eigenvalue weighted by molar-refractivity contribution is 7.88. The molecule has 1 atom stereocenters. The summed E-state index contributed by atoms with van der Waals surface area (Å²) in [5.41, 5.74) is 2.04. The van der Waals surface area contributed by atoms with Crippen LogP contribution in [0.25, 0.3) is 0 Å². The maximum atomic E-state index is 12.1. The molecular weight excluding hydrogens is 292 g/mol. The second-order valence-corrected chi connectivity index (χ2v) is 7.37. The molecule has 1 aliphatic rings. The van der Waals surface area contributed by atoms with Crippen LogP contribution >= 0.6 is 0 Å². The molecule has 2 rings (SSSR count). The van der Waals surface area contributed by atoms with E-state index in [1.807, 2.05) is 18.4 Å². The van der Waals surface area contributed by atoms with Crippen LogP contribution in [0.1, 0.15) is 24.2 Å². The normalized spacial score (nSPS) is 19.9. The lowest BCUT2D eigenvalue weighted by Crippen LogP contribution is -2.46. The fourth-order valence-corrected chi connectivity index (χ4v) is 3.71. The van der Waals surface area contributed by atoms with Gasteiger partial charge in [0.25, 0.3) is 0 Å². The van der Waals surface area contributed by atoms with E-state index < -0.39 is 16.1 Å². The minimum atomic E-state index is -3.32. The first-order valence-electron chi connectivity index (χ1n) is 7.03. The number of nitrogens with one attached hydrogen (secondary N) is 1. The highest BCUT2D eigenvalue weighted by atomic mass is 32.2. The molecule has 0 aliphatic carbocycles. The number of imidazole rings is 1. The Morgan fingerprint density at radius 3 is 2.76 bits per heavy atom. The number of carbonyl (C=O) groups is 1. The lowest BCUT2D eigenvalue weighted by molar-refractivity contribution is -0.124. The van der Waals surface area contributed by atoms with Gasteiger partial charge >= 0.3 is 0 Å². The lowest BCUT2D eigenvalue weighted by atomic mass is 10.2. The minimum absolute atomic E-state index is 0.215. The molecule has 8 heteroatoms. The maximum absolute atomic E-state index is 12.1. The number of nitrogens with zero attached hydrogens (tertiary/aromatic N) is 3. The number of hydrogen-bond acceptors (Lipinski definition) is 4. The van der Waals surface area contributed by atoms with Crippen LogP contribution in [0.3, 0.4) is 0 Å². The van der Waals surface area contributed by atoms with Crippen LogP contribution in [0.2, 0.25) is 0 Å². The highest BCUT2D eigenvalue weighted by Crippen LogP contribution is 2.20. The van der Waals surface area contributed by atoms with E-state index in [-0.39, 0.29) is 5.91 Å². The third kappa shape index (κ3) is 3.62. The first-order valence-corrected chi connectivity index (χ1v) is 8.88. The molecule has 1 N–H and O–H groups in total. The third-order valence-electron chi connectivity index (χ3n) is 3.93. The van der Waals surface area contributed by atoms with Gasteiger partial charge in [0, 0.05) is 25.3 Å². The Bertz CT molecular complexity index is 623. The monoisotopic (exact) mass is 314 g/mol. The average molecular weight is 314 g/mol. The Labute approximate surface area is 125 Å². The van der Waals surface area contributed by atoms with Crippen molar-refractivity contribution in [2.24, 2.45) is 0 Å². The van der Waals surface area contributed by atoms with Crippen LogP contribution < -0.4 is 5.32 Å². The Morgan fingerprint density at radius 1 is 1.48 bits per heavy atom. The highest BCUT2D eigenvalue weighted by Gasteiger charge is 2.36. The summed E-state index contributed by atoms with van der Waals surface area (Å²) in [7, 11) is -3.32. The lowest BCUT2D eigenvalue weighted by Gasteiger charge is -2.21. The SMILES string of the molecule is Cc1ncn(CCNC(=O)C2CCCN2S(C)(=O)=O)c1C. The molecule has 118 valence electrons. The zero-order valence-corrected chi connectivity index (χ0v) is 13.5. The Balaban J connectivity index is 1.89. The van der Waals surface area contributed by atoms with Gasteiger partial charge in [-0.1, -0.05) is 0 Å². The minimum Gasteiger partial charge on any atom is -0.353 e. The van der Waals surface area contributed by atoms with Gasteiger partial charge in [-0.3, -0.25) is 4.79 Å². The van der Waals surface area contributed by atoms with Gasteiger partial charge in [0.2, 0.25) is 15.9 Å². The predicted molar refractivity (Wildman–Crippen MR) is 79.3 cm³/mol. The zero-order chi connectivity index (χ0) is 15.6. The Kier molecular flexibility index (Phi) is 4.67. The maximum Gasteiger partial charge on any atom is 0.238 e. The van der Waals surface area contributed by atoms with E-state index in [4.69, 9.17) is 0 Å². The van der Waals surface area contributed by atoms with Crippen molar-refractivity contribution in [2.45, 2.75) is 39.3 Å². The van der Waals surface area contributed by atoms with Crippen LogP contribution in [0, 0.1) is 13.8 Å². The molecule has 21 heavy (non-hydrogen) atoms. The molecule has 0 aromatic carbocycles. The molecule has 0 saturated carbocycles. The van der Waals surface area contributed by atoms with Gasteiger partial charge in [-0.05, 0) is 26.7 Å². The van der Waals surface area contributed by atoms with E-state index >= 15 is 0 Å². The fraction of sp³-hybridized carbons (Fsp3) is 0.692. The van der Waals surface area contributed by atoms with Crippen LogP contribution in [0.4, 0.5) is 0 Å². The predicted octanol–water partition coefficient (Wildman–Crippen LogP) is 0.0401. The average Bonchev–Trinajstić information content (AvgIpc) is 3.00. The summed E-state index contributed by atoms with van der Waals surface area (Å²) < 4.78 is 26.5. The van der Waals surface area contributed by atoms with Crippen LogP contribution in [0.15, 0.2) is 6.33 Å². The molecule has 7 nitrogen and oxygen atoms in total. The molecule has 1 fully saturated rings. The van der Waals surface area contributed by atoms with Gasteiger partial charge in [-0.2, -0.15) is 4.31 Å². The van der Waals surface area contributed by atoms with Crippen molar-refractivity contribution in [3.05, 3.63) is 17.7 Å². The van der Waals surface area contributed by atoms with E-state index in [2.05, 4.69) is 10.3 Å². The largest absolute Gasteiger partial charge is 0.353 e. The van der Waals surface area contributed by atoms with E-state index in [1.54, 1.807) is 6.33 Å². The second-order valence-electron chi connectivity index (χ2n) is 5.43. The van der Waals surface area contributed by atoms with Crippen LogP contribution in [-0.4, -0.2) is 53.6 Å². The standard InChI is InChI=1S/C13H22N4O3S/c1-10-11(2)16(9-15-10)8-6-14-13(18)12-5-4-7-17(12)21(3,19)20/h9,12H,4-8H2,1-3H3,(H,14,18). The zero-order valence-electron chi connectivity index (χ0n) is 12.7. The quantitative estimate of drug-likeness (QED) is 0.832. The summed E-state index contributed by atoms with van der Waals surface area (Å²) in [5.74, 6) is -0.215. The number of hydrogen-bond donors (Lipinski definition) is 1. The van der Waals surface area contributed by atoms with E-state index in [1.165, 1.54) is 4.31 Å². The Hall–Kier alpha value is -1.41. The van der Waals surface area contributed by atoms with Crippen LogP contribution in [0.5, 0.6) is 0 Å². The summed E-state index contributed by atoms with van der Waals surface area (Å²) in [4.78, 5) is 16.3. The number of sulfonamides is 1. The van der Waals surface area contributed by atoms with Crippen molar-refractivity contribution in [3.8, 4) is 0 Å². The topological polar surface area (TPSA) is 84.3 Å². The van der Waals surface area contributed by atoms with Gasteiger partial charge in [-0.25, -0.2) is 13.4 Å². The molecule has 0 bridgehead atoms. The number of aromatic nitrogens is 2. The van der Waals surface area contributed by atoms with Crippen molar-refractivity contribution in [3.63, 3.8) is 0 Å². The summed E-state index contributed by atoms with van der Waals surface area (Å²) >= 11 is 0. The van der Waals surface area contributed by atoms with Gasteiger partial charge < -0.3 is 9.88 Å². The van der Waals surface area contributed by atoms with Crippen molar-refractivity contribution in [2.75, 3.05) is 19.3 Å². The van der Waals surface area contributed by atoms with E-state index in [0.717, 1.165) is 24.1 Å². The molecule has 0 radical (unpaired) electrons. The third-order valence-corrected chi connectivity index (χ3v) is 5.22. The molecular formula is C13H22N4O3S. The summed E-state index contributed by atoms with van der Waals surface area (Å²) in [5, 5.41) is 2.82. The number of rotatable bonds is 5. The van der Waals surface area contributed by atoms with Gasteiger partial charge in [0.05, 0.1) is 18.3 Å². The smallest absolute Gasteiger partial charge is 0.238 e. The summed E-state index contributed by atoms with van der Waals surface area (Å²) in [6.45, 7) is 5.43. The molecule has 1 unspecified atom stereocenters. The van der Waals surface area contributed by atoms with E-state index in [9.17, 15) is 13.2 Å². The molecule has 1 aliphatic heterocycles. The molecule has 1 amide bonds. The number of aryl methyl sites for hydroxylation is 1. The number of amides is 1. The van der Waals surface area contributed by atoms with Crippen molar-refractivity contribution in [1.82, 2.24) is 19.2 Å². The Morgan fingerprint density at radius 2 is 2.19 bits per heavy atom. The molecule has 1 aromatic rings. The van der Waals surface area contributed by atoms with Gasteiger partial charge in [0.1, 0.15) is 6.04 Å². The fourth-order valence-electron chi connectivity index (χ4n) is 2.59. The van der Waals surface area contributed by atoms with Crippen molar-refractivity contribution < 1.29 is 13.2 Å². The molecule has 1 saturated heterocycles. The van der Waals surface area contributed by atoms with Crippen molar-refractivity contribution in [1.29, 1.82) is 0 Å². The van der Waals surface area contributed by atoms with Gasteiger partial charge in [0.15, 0.2) is 0 Å². The second kappa shape index (κ2) is 6.15. The number of carbonyl (C=O) groups excluding carboxylic acids is 1. The summed E-state index contributed by atoms with van der Waals surface area (Å²) in [6, 6.07) is -0.564. The van der Waals surface area contributed by atoms with E-state index in [0.29, 0.717) is 26.1 Å². The first-order chi connectivity index (χ1) is 9.80. The molecule has 2 heterocycles. The molecule has 1 aromatic heterocycles. The summed E-state index contributed by atoms with van der Waals surface area (Å²) in [6.07, 6.45) is 4.21. The van der Waals surface area contributed by atoms with Gasteiger partial charge in [-0.15, -0.1) is 0 Å².